The molecule has 0 bridgehead atoms. The lowest BCUT2D eigenvalue weighted by Crippen LogP contribution is -2.07. The molecule has 0 unspecified atom stereocenters. The standard InChI is InChI=1S/C16H11Br2FO2/c17-11-6-9-4-5-21-16(9)10(7-11)8-14(20)12-2-1-3-13(18)15(12)19/h1-3,6-7H,4-5,8H2. The molecule has 5 heteroatoms. The lowest BCUT2D eigenvalue weighted by Gasteiger charge is -2.09. The first-order valence-corrected chi connectivity index (χ1v) is 8.06. The fraction of sp³-hybridized carbons (Fsp3) is 0.188. The number of Topliss-reactive ketones (excluding diaryl/α,β-unsaturated/α-hetero) is 1. The van der Waals surface area contributed by atoms with Gasteiger partial charge in [0, 0.05) is 22.9 Å². The number of benzene rings is 2. The van der Waals surface area contributed by atoms with Gasteiger partial charge in [-0.3, -0.25) is 4.79 Å². The quantitative estimate of drug-likeness (QED) is 0.681. The summed E-state index contributed by atoms with van der Waals surface area (Å²) in [6.45, 7) is 0.623. The molecular weight excluding hydrogens is 403 g/mol. The molecule has 1 heterocycles. The smallest absolute Gasteiger partial charge is 0.170 e. The molecule has 0 aromatic heterocycles. The Morgan fingerprint density at radius 2 is 2.10 bits per heavy atom. The normalized spacial score (nSPS) is 12.9. The summed E-state index contributed by atoms with van der Waals surface area (Å²) in [7, 11) is 0. The van der Waals surface area contributed by atoms with Crippen LogP contribution in [0.1, 0.15) is 21.5 Å². The Labute approximate surface area is 138 Å². The molecule has 0 N–H and O–H groups in total. The van der Waals surface area contributed by atoms with Gasteiger partial charge in [-0.25, -0.2) is 4.39 Å². The zero-order chi connectivity index (χ0) is 15.0. The molecule has 0 aliphatic carbocycles. The highest BCUT2D eigenvalue weighted by molar-refractivity contribution is 9.10. The van der Waals surface area contributed by atoms with Crippen molar-refractivity contribution in [3.63, 3.8) is 0 Å². The third kappa shape index (κ3) is 2.90. The molecule has 0 radical (unpaired) electrons. The van der Waals surface area contributed by atoms with E-state index in [0.717, 1.165) is 27.8 Å². The second-order valence-corrected chi connectivity index (χ2v) is 6.62. The van der Waals surface area contributed by atoms with Crippen LogP contribution in [0.15, 0.2) is 39.3 Å². The Hall–Kier alpha value is -1.20. The van der Waals surface area contributed by atoms with Gasteiger partial charge in [0.2, 0.25) is 0 Å². The second kappa shape index (κ2) is 5.89. The number of hydrogen-bond donors (Lipinski definition) is 0. The Morgan fingerprint density at radius 3 is 2.90 bits per heavy atom. The third-order valence-corrected chi connectivity index (χ3v) is 4.50. The first-order valence-electron chi connectivity index (χ1n) is 6.47. The fourth-order valence-electron chi connectivity index (χ4n) is 2.46. The van der Waals surface area contributed by atoms with E-state index >= 15 is 0 Å². The number of ketones is 1. The van der Waals surface area contributed by atoms with Crippen molar-refractivity contribution in [2.75, 3.05) is 6.61 Å². The van der Waals surface area contributed by atoms with Crippen LogP contribution in [-0.2, 0) is 12.8 Å². The van der Waals surface area contributed by atoms with Crippen LogP contribution in [0.25, 0.3) is 0 Å². The minimum Gasteiger partial charge on any atom is -0.493 e. The minimum atomic E-state index is -0.518. The molecule has 3 rings (SSSR count). The predicted molar refractivity (Wildman–Crippen MR) is 85.5 cm³/mol. The molecule has 0 amide bonds. The van der Waals surface area contributed by atoms with E-state index in [-0.39, 0.29) is 17.8 Å². The molecule has 2 aromatic carbocycles. The summed E-state index contributed by atoms with van der Waals surface area (Å²) in [5.74, 6) is -0.0124. The van der Waals surface area contributed by atoms with Crippen molar-refractivity contribution in [3.8, 4) is 5.75 Å². The lowest BCUT2D eigenvalue weighted by molar-refractivity contribution is 0.0988. The molecule has 21 heavy (non-hydrogen) atoms. The maximum atomic E-state index is 14.0. The van der Waals surface area contributed by atoms with Gasteiger partial charge in [0.1, 0.15) is 11.6 Å². The Bertz CT molecular complexity index is 728. The van der Waals surface area contributed by atoms with Crippen LogP contribution < -0.4 is 4.74 Å². The summed E-state index contributed by atoms with van der Waals surface area (Å²) in [4.78, 5) is 12.4. The van der Waals surface area contributed by atoms with E-state index in [1.165, 1.54) is 6.07 Å². The fourth-order valence-corrected chi connectivity index (χ4v) is 3.38. The highest BCUT2D eigenvalue weighted by atomic mass is 79.9. The zero-order valence-corrected chi connectivity index (χ0v) is 14.1. The number of rotatable bonds is 3. The number of carbonyl (C=O) groups is 1. The van der Waals surface area contributed by atoms with Crippen molar-refractivity contribution < 1.29 is 13.9 Å². The third-order valence-electron chi connectivity index (χ3n) is 3.43. The number of ether oxygens (including phenoxy) is 1. The number of hydrogen-bond acceptors (Lipinski definition) is 2. The van der Waals surface area contributed by atoms with Gasteiger partial charge in [-0.1, -0.05) is 22.0 Å². The van der Waals surface area contributed by atoms with E-state index in [1.807, 2.05) is 12.1 Å². The van der Waals surface area contributed by atoms with Gasteiger partial charge in [-0.2, -0.15) is 0 Å². The molecule has 2 aromatic rings. The van der Waals surface area contributed by atoms with Crippen LogP contribution in [0.2, 0.25) is 0 Å². The van der Waals surface area contributed by atoms with Crippen molar-refractivity contribution >= 4 is 37.6 Å². The highest BCUT2D eigenvalue weighted by Gasteiger charge is 2.21. The molecule has 1 aliphatic rings. The monoisotopic (exact) mass is 412 g/mol. The topological polar surface area (TPSA) is 26.3 Å². The number of carbonyl (C=O) groups excluding carboxylic acids is 1. The lowest BCUT2D eigenvalue weighted by atomic mass is 10.00. The van der Waals surface area contributed by atoms with Gasteiger partial charge in [-0.15, -0.1) is 0 Å². The summed E-state index contributed by atoms with van der Waals surface area (Å²) in [6, 6.07) is 8.59. The van der Waals surface area contributed by atoms with Crippen LogP contribution in [0.3, 0.4) is 0 Å². The average Bonchev–Trinajstić information content (AvgIpc) is 2.90. The second-order valence-electron chi connectivity index (χ2n) is 4.85. The van der Waals surface area contributed by atoms with Crippen molar-refractivity contribution in [3.05, 3.63) is 61.8 Å². The van der Waals surface area contributed by atoms with E-state index in [0.29, 0.717) is 11.1 Å². The van der Waals surface area contributed by atoms with E-state index in [4.69, 9.17) is 4.74 Å². The summed E-state index contributed by atoms with van der Waals surface area (Å²) >= 11 is 6.54. The van der Waals surface area contributed by atoms with Gasteiger partial charge < -0.3 is 4.74 Å². The summed E-state index contributed by atoms with van der Waals surface area (Å²) in [6.07, 6.45) is 0.955. The Balaban J connectivity index is 1.94. The van der Waals surface area contributed by atoms with Gasteiger partial charge in [-0.05, 0) is 45.8 Å². The molecule has 0 fully saturated rings. The molecule has 2 nitrogen and oxygen atoms in total. The number of fused-ring (bicyclic) bond motifs is 1. The molecule has 0 atom stereocenters. The highest BCUT2D eigenvalue weighted by Crippen LogP contribution is 2.34. The van der Waals surface area contributed by atoms with Gasteiger partial charge in [0.25, 0.3) is 0 Å². The minimum absolute atomic E-state index is 0.0936. The van der Waals surface area contributed by atoms with Crippen LogP contribution in [-0.4, -0.2) is 12.4 Å². The predicted octanol–water partition coefficient (Wildman–Crippen LogP) is 4.71. The van der Waals surface area contributed by atoms with Crippen molar-refractivity contribution in [2.24, 2.45) is 0 Å². The summed E-state index contributed by atoms with van der Waals surface area (Å²) < 4.78 is 20.8. The largest absolute Gasteiger partial charge is 0.493 e. The Kier molecular flexibility index (Phi) is 4.13. The van der Waals surface area contributed by atoms with Gasteiger partial charge >= 0.3 is 0 Å². The van der Waals surface area contributed by atoms with E-state index in [2.05, 4.69) is 31.9 Å². The Morgan fingerprint density at radius 1 is 1.29 bits per heavy atom. The van der Waals surface area contributed by atoms with Crippen molar-refractivity contribution in [1.82, 2.24) is 0 Å². The van der Waals surface area contributed by atoms with Crippen LogP contribution in [0.4, 0.5) is 4.39 Å². The molecule has 0 spiro atoms. The van der Waals surface area contributed by atoms with Crippen LogP contribution in [0.5, 0.6) is 5.75 Å². The number of halogens is 3. The molecule has 108 valence electrons. The average molecular weight is 414 g/mol. The van der Waals surface area contributed by atoms with E-state index in [1.54, 1.807) is 12.1 Å². The van der Waals surface area contributed by atoms with Crippen molar-refractivity contribution in [1.29, 1.82) is 0 Å². The molecule has 0 saturated carbocycles. The van der Waals surface area contributed by atoms with Gasteiger partial charge in [0.15, 0.2) is 5.78 Å². The first kappa shape index (κ1) is 14.7. The molecule has 0 saturated heterocycles. The zero-order valence-electron chi connectivity index (χ0n) is 11.0. The SMILES string of the molecule is O=C(Cc1cc(Br)cc2c1OCC2)c1cccc(Br)c1F. The van der Waals surface area contributed by atoms with E-state index in [9.17, 15) is 9.18 Å². The van der Waals surface area contributed by atoms with Crippen molar-refractivity contribution in [2.45, 2.75) is 12.8 Å². The molecule has 1 aliphatic heterocycles. The van der Waals surface area contributed by atoms with Gasteiger partial charge in [0.05, 0.1) is 16.6 Å². The van der Waals surface area contributed by atoms with Crippen LogP contribution in [0, 0.1) is 5.82 Å². The maximum absolute atomic E-state index is 14.0. The maximum Gasteiger partial charge on any atom is 0.170 e. The summed E-state index contributed by atoms with van der Waals surface area (Å²) in [5.41, 5.74) is 1.97. The first-order chi connectivity index (χ1) is 10.1. The molecular formula is C16H11Br2FO2. The van der Waals surface area contributed by atoms with E-state index < -0.39 is 5.82 Å². The summed E-state index contributed by atoms with van der Waals surface area (Å²) in [5, 5.41) is 0. The van der Waals surface area contributed by atoms with Crippen LogP contribution >= 0.6 is 31.9 Å².